The van der Waals surface area contributed by atoms with Crippen molar-refractivity contribution in [1.29, 1.82) is 0 Å². The Balaban J connectivity index is 2.72. The zero-order valence-electron chi connectivity index (χ0n) is 9.90. The van der Waals surface area contributed by atoms with E-state index in [1.54, 1.807) is 0 Å². The first-order valence-electron chi connectivity index (χ1n) is 5.36. The minimum atomic E-state index is -1.29. The minimum Gasteiger partial charge on any atom is -0.478 e. The van der Waals surface area contributed by atoms with Crippen LogP contribution in [0.4, 0.5) is 10.1 Å². The predicted octanol–water partition coefficient (Wildman–Crippen LogP) is 1.89. The number of aromatic carboxylic acids is 1. The average Bonchev–Trinajstić information content (AvgIpc) is 2.31. The van der Waals surface area contributed by atoms with Gasteiger partial charge in [0.05, 0.1) is 11.3 Å². The Labute approximate surface area is 104 Å². The van der Waals surface area contributed by atoms with Gasteiger partial charge in [-0.25, -0.2) is 9.18 Å². The summed E-state index contributed by atoms with van der Waals surface area (Å²) in [6.45, 7) is 0.447. The van der Waals surface area contributed by atoms with Crippen molar-refractivity contribution in [1.82, 2.24) is 0 Å². The topological polar surface area (TPSA) is 75.6 Å². The van der Waals surface area contributed by atoms with Crippen LogP contribution in [0.5, 0.6) is 0 Å². The summed E-state index contributed by atoms with van der Waals surface area (Å²) >= 11 is 0. The summed E-state index contributed by atoms with van der Waals surface area (Å²) in [5, 5.41) is 11.3. The maximum absolute atomic E-state index is 12.9. The van der Waals surface area contributed by atoms with Gasteiger partial charge in [0.25, 0.3) is 0 Å². The summed E-state index contributed by atoms with van der Waals surface area (Å²) in [4.78, 5) is 22.4. The number of carbonyl (C=O) groups is 2. The van der Waals surface area contributed by atoms with Gasteiger partial charge in [0.15, 0.2) is 0 Å². The van der Waals surface area contributed by atoms with Crippen molar-refractivity contribution in [3.05, 3.63) is 29.6 Å². The third-order valence-corrected chi connectivity index (χ3v) is 2.24. The molecule has 98 valence electrons. The maximum Gasteiger partial charge on any atom is 0.337 e. The molecule has 18 heavy (non-hydrogen) atoms. The third kappa shape index (κ3) is 4.14. The van der Waals surface area contributed by atoms with Crippen LogP contribution in [-0.4, -0.2) is 30.7 Å². The van der Waals surface area contributed by atoms with Crippen molar-refractivity contribution in [3.8, 4) is 0 Å². The van der Waals surface area contributed by atoms with Crippen LogP contribution in [0, 0.1) is 5.82 Å². The number of hydrogen-bond donors (Lipinski definition) is 2. The lowest BCUT2D eigenvalue weighted by Gasteiger charge is -2.08. The van der Waals surface area contributed by atoms with E-state index in [4.69, 9.17) is 9.84 Å². The van der Waals surface area contributed by atoms with Crippen molar-refractivity contribution in [2.75, 3.05) is 19.0 Å². The number of carboxylic acid groups (broad SMARTS) is 1. The minimum absolute atomic E-state index is 0.0892. The fraction of sp³-hybridized carbons (Fsp3) is 0.333. The van der Waals surface area contributed by atoms with E-state index in [0.29, 0.717) is 13.0 Å². The summed E-state index contributed by atoms with van der Waals surface area (Å²) in [5.74, 6) is -2.28. The fourth-order valence-corrected chi connectivity index (χ4v) is 1.39. The Morgan fingerprint density at radius 3 is 2.78 bits per heavy atom. The predicted molar refractivity (Wildman–Crippen MR) is 63.1 cm³/mol. The SMILES string of the molecule is COCCCC(=O)Nc1ccc(F)cc1C(=O)O. The molecular weight excluding hydrogens is 241 g/mol. The van der Waals surface area contributed by atoms with Crippen LogP contribution in [0.1, 0.15) is 23.2 Å². The molecule has 0 atom stereocenters. The number of halogens is 1. The van der Waals surface area contributed by atoms with Crippen LogP contribution in [0.2, 0.25) is 0 Å². The number of hydrogen-bond acceptors (Lipinski definition) is 3. The lowest BCUT2D eigenvalue weighted by atomic mass is 10.1. The van der Waals surface area contributed by atoms with Crippen molar-refractivity contribution < 1.29 is 23.8 Å². The molecule has 2 N–H and O–H groups in total. The molecule has 0 aliphatic carbocycles. The molecule has 6 heteroatoms. The molecule has 0 aromatic heterocycles. The molecule has 0 aliphatic heterocycles. The lowest BCUT2D eigenvalue weighted by Crippen LogP contribution is -2.15. The molecule has 0 fully saturated rings. The second-order valence-corrected chi connectivity index (χ2v) is 3.64. The van der Waals surface area contributed by atoms with Gasteiger partial charge in [-0.1, -0.05) is 0 Å². The van der Waals surface area contributed by atoms with Crippen LogP contribution in [0.25, 0.3) is 0 Å². The molecule has 1 amide bonds. The molecule has 0 saturated carbocycles. The third-order valence-electron chi connectivity index (χ3n) is 2.24. The van der Waals surface area contributed by atoms with Crippen molar-refractivity contribution in [2.24, 2.45) is 0 Å². The van der Waals surface area contributed by atoms with Crippen molar-refractivity contribution >= 4 is 17.6 Å². The normalized spacial score (nSPS) is 10.1. The molecule has 1 rings (SSSR count). The van der Waals surface area contributed by atoms with E-state index in [2.05, 4.69) is 5.32 Å². The fourth-order valence-electron chi connectivity index (χ4n) is 1.39. The van der Waals surface area contributed by atoms with Crippen LogP contribution >= 0.6 is 0 Å². The Morgan fingerprint density at radius 1 is 1.44 bits per heavy atom. The monoisotopic (exact) mass is 255 g/mol. The highest BCUT2D eigenvalue weighted by Crippen LogP contribution is 2.17. The van der Waals surface area contributed by atoms with E-state index in [9.17, 15) is 14.0 Å². The molecule has 0 spiro atoms. The van der Waals surface area contributed by atoms with E-state index in [-0.39, 0.29) is 23.6 Å². The maximum atomic E-state index is 12.9. The number of ether oxygens (including phenoxy) is 1. The standard InChI is InChI=1S/C12H14FNO4/c1-18-6-2-3-11(15)14-10-5-4-8(13)7-9(10)12(16)17/h4-5,7H,2-3,6H2,1H3,(H,14,15)(H,16,17). The quantitative estimate of drug-likeness (QED) is 0.761. The highest BCUT2D eigenvalue weighted by molar-refractivity contribution is 6.00. The molecule has 0 saturated heterocycles. The molecule has 1 aromatic rings. The van der Waals surface area contributed by atoms with Crippen LogP contribution in [0.3, 0.4) is 0 Å². The zero-order valence-corrected chi connectivity index (χ0v) is 9.90. The summed E-state index contributed by atoms with van der Waals surface area (Å²) < 4.78 is 17.7. The van der Waals surface area contributed by atoms with Gasteiger partial charge in [0, 0.05) is 20.1 Å². The highest BCUT2D eigenvalue weighted by Gasteiger charge is 2.13. The second kappa shape index (κ2) is 6.70. The van der Waals surface area contributed by atoms with E-state index in [0.717, 1.165) is 12.1 Å². The second-order valence-electron chi connectivity index (χ2n) is 3.64. The Kier molecular flexibility index (Phi) is 5.26. The van der Waals surface area contributed by atoms with E-state index < -0.39 is 11.8 Å². The van der Waals surface area contributed by atoms with Gasteiger partial charge in [-0.15, -0.1) is 0 Å². The first-order valence-corrected chi connectivity index (χ1v) is 5.36. The number of anilines is 1. The highest BCUT2D eigenvalue weighted by atomic mass is 19.1. The molecule has 0 radical (unpaired) electrons. The lowest BCUT2D eigenvalue weighted by molar-refractivity contribution is -0.116. The van der Waals surface area contributed by atoms with Gasteiger partial charge in [-0.05, 0) is 24.6 Å². The average molecular weight is 255 g/mol. The molecule has 0 unspecified atom stereocenters. The van der Waals surface area contributed by atoms with E-state index in [1.165, 1.54) is 13.2 Å². The van der Waals surface area contributed by atoms with Gasteiger partial charge in [0.1, 0.15) is 5.82 Å². The van der Waals surface area contributed by atoms with Gasteiger partial charge in [-0.2, -0.15) is 0 Å². The number of methoxy groups -OCH3 is 1. The number of nitrogens with one attached hydrogen (secondary N) is 1. The Bertz CT molecular complexity index is 448. The van der Waals surface area contributed by atoms with E-state index in [1.807, 2.05) is 0 Å². The number of carboxylic acids is 1. The van der Waals surface area contributed by atoms with Crippen molar-refractivity contribution in [2.45, 2.75) is 12.8 Å². The summed E-state index contributed by atoms with van der Waals surface area (Å²) in [6.07, 6.45) is 0.746. The number of benzene rings is 1. The largest absolute Gasteiger partial charge is 0.478 e. The molecule has 5 nitrogen and oxygen atoms in total. The Morgan fingerprint density at radius 2 is 2.17 bits per heavy atom. The van der Waals surface area contributed by atoms with E-state index >= 15 is 0 Å². The first kappa shape index (κ1) is 14.1. The van der Waals surface area contributed by atoms with Gasteiger partial charge in [-0.3, -0.25) is 4.79 Å². The molecule has 0 heterocycles. The number of amides is 1. The number of rotatable bonds is 6. The van der Waals surface area contributed by atoms with Crippen LogP contribution in [0.15, 0.2) is 18.2 Å². The molecule has 0 aliphatic rings. The van der Waals surface area contributed by atoms with Crippen LogP contribution in [-0.2, 0) is 9.53 Å². The summed E-state index contributed by atoms with van der Waals surface area (Å²) in [5.41, 5.74) is -0.179. The van der Waals surface area contributed by atoms with Crippen molar-refractivity contribution in [3.63, 3.8) is 0 Å². The van der Waals surface area contributed by atoms with Gasteiger partial charge < -0.3 is 15.2 Å². The molecular formula is C12H14FNO4. The first-order chi connectivity index (χ1) is 8.54. The van der Waals surface area contributed by atoms with Crippen LogP contribution < -0.4 is 5.32 Å². The Hall–Kier alpha value is -1.95. The number of carbonyl (C=O) groups excluding carboxylic acids is 1. The smallest absolute Gasteiger partial charge is 0.337 e. The van der Waals surface area contributed by atoms with Gasteiger partial charge >= 0.3 is 5.97 Å². The van der Waals surface area contributed by atoms with Gasteiger partial charge in [0.2, 0.25) is 5.91 Å². The summed E-state index contributed by atoms with van der Waals surface area (Å²) in [6, 6.07) is 3.19. The zero-order chi connectivity index (χ0) is 13.5. The molecule has 1 aromatic carbocycles. The molecule has 0 bridgehead atoms. The summed E-state index contributed by atoms with van der Waals surface area (Å²) in [7, 11) is 1.53.